The van der Waals surface area contributed by atoms with E-state index in [1.807, 2.05) is 0 Å². The van der Waals surface area contributed by atoms with E-state index in [1.165, 1.54) is 29.2 Å². The Bertz CT molecular complexity index is 858. The fourth-order valence-electron chi connectivity index (χ4n) is 3.59. The Labute approximate surface area is 153 Å². The first-order valence-corrected chi connectivity index (χ1v) is 11.9. The van der Waals surface area contributed by atoms with E-state index in [0.29, 0.717) is 17.9 Å². The van der Waals surface area contributed by atoms with Crippen molar-refractivity contribution in [3.8, 4) is 0 Å². The van der Waals surface area contributed by atoms with Crippen molar-refractivity contribution in [2.45, 2.75) is 35.3 Å². The third-order valence-corrected chi connectivity index (χ3v) is 9.44. The summed E-state index contributed by atoms with van der Waals surface area (Å²) >= 11 is 5.84. The van der Waals surface area contributed by atoms with Crippen molar-refractivity contribution in [2.75, 3.05) is 24.6 Å². The molecule has 0 N–H and O–H groups in total. The molecule has 0 aromatic heterocycles. The highest BCUT2D eigenvalue weighted by atomic mass is 35.5. The summed E-state index contributed by atoms with van der Waals surface area (Å²) in [4.78, 5) is 14.6. The highest BCUT2D eigenvalue weighted by molar-refractivity contribution is 7.93. The van der Waals surface area contributed by atoms with Crippen LogP contribution in [0, 0.1) is 0 Å². The molecule has 138 valence electrons. The highest BCUT2D eigenvalue weighted by Gasteiger charge is 2.54. The average molecular weight is 406 g/mol. The number of nitrogens with zero attached hydrogens (tertiary/aromatic N) is 1. The summed E-state index contributed by atoms with van der Waals surface area (Å²) in [6.07, 6.45) is 1.84. The molecule has 1 heterocycles. The highest BCUT2D eigenvalue weighted by Crippen LogP contribution is 2.42. The molecule has 0 atom stereocenters. The zero-order chi connectivity index (χ0) is 18.3. The van der Waals surface area contributed by atoms with E-state index >= 15 is 0 Å². The molecule has 1 saturated carbocycles. The van der Waals surface area contributed by atoms with Crippen molar-refractivity contribution in [3.05, 3.63) is 29.3 Å². The number of benzene rings is 1. The largest absolute Gasteiger partial charge is 0.339 e. The number of hydrogen-bond acceptors (Lipinski definition) is 5. The molecule has 6 nitrogen and oxygen atoms in total. The lowest BCUT2D eigenvalue weighted by molar-refractivity contribution is -0.133. The Hall–Kier alpha value is -1.12. The molecule has 3 rings (SSSR count). The summed E-state index contributed by atoms with van der Waals surface area (Å²) in [7, 11) is -7.04. The summed E-state index contributed by atoms with van der Waals surface area (Å²) < 4.78 is 48.2. The van der Waals surface area contributed by atoms with E-state index in [-0.39, 0.29) is 42.3 Å². The predicted molar refractivity (Wildman–Crippen MR) is 95.1 cm³/mol. The second-order valence-electron chi connectivity index (χ2n) is 6.60. The van der Waals surface area contributed by atoms with Gasteiger partial charge in [0.25, 0.3) is 0 Å². The summed E-state index contributed by atoms with van der Waals surface area (Å²) in [6, 6.07) is 5.83. The molecule has 0 spiro atoms. The molecular formula is C16H20ClNO5S2. The molecule has 1 aliphatic heterocycles. The molecule has 1 aliphatic carbocycles. The van der Waals surface area contributed by atoms with E-state index in [9.17, 15) is 21.6 Å². The van der Waals surface area contributed by atoms with Crippen LogP contribution in [0.5, 0.6) is 0 Å². The number of sulfone groups is 2. The maximum atomic E-state index is 13.3. The van der Waals surface area contributed by atoms with Gasteiger partial charge >= 0.3 is 0 Å². The van der Waals surface area contributed by atoms with Gasteiger partial charge in [-0.25, -0.2) is 16.8 Å². The number of carbonyl (C=O) groups excluding carboxylic acids is 1. The molecule has 0 radical (unpaired) electrons. The first kappa shape index (κ1) is 18.7. The van der Waals surface area contributed by atoms with Crippen LogP contribution < -0.4 is 0 Å². The SMILES string of the molecule is O=C(N1CCS(=O)(=O)CC1)C1(S(=O)(=O)c2ccc(Cl)cc2)CCCC1. The van der Waals surface area contributed by atoms with Crippen LogP contribution in [-0.4, -0.2) is 57.0 Å². The van der Waals surface area contributed by atoms with Gasteiger partial charge in [0.1, 0.15) is 0 Å². The van der Waals surface area contributed by atoms with E-state index in [4.69, 9.17) is 11.6 Å². The first-order valence-electron chi connectivity index (χ1n) is 8.18. The Morgan fingerprint density at radius 3 is 2.08 bits per heavy atom. The van der Waals surface area contributed by atoms with Crippen molar-refractivity contribution in [3.63, 3.8) is 0 Å². The maximum Gasteiger partial charge on any atom is 0.244 e. The fraction of sp³-hybridized carbons (Fsp3) is 0.562. The van der Waals surface area contributed by atoms with Gasteiger partial charge in [0.05, 0.1) is 16.4 Å². The Balaban J connectivity index is 1.96. The average Bonchev–Trinajstić information content (AvgIpc) is 3.06. The standard InChI is InChI=1S/C16H20ClNO5S2/c17-13-3-5-14(6-4-13)25(22,23)16(7-1-2-8-16)15(19)18-9-11-24(20,21)12-10-18/h3-6H,1-2,7-12H2. The summed E-state index contributed by atoms with van der Waals surface area (Å²) in [6.45, 7) is 0.109. The van der Waals surface area contributed by atoms with Crippen LogP contribution in [0.4, 0.5) is 0 Å². The zero-order valence-corrected chi connectivity index (χ0v) is 16.0. The summed E-state index contributed by atoms with van der Waals surface area (Å²) in [5.41, 5.74) is 0. The minimum Gasteiger partial charge on any atom is -0.339 e. The molecule has 1 aromatic carbocycles. The number of hydrogen-bond donors (Lipinski definition) is 0. The van der Waals surface area contributed by atoms with Crippen LogP contribution in [0.3, 0.4) is 0 Å². The minimum absolute atomic E-state index is 0.0546. The molecule has 25 heavy (non-hydrogen) atoms. The predicted octanol–water partition coefficient (Wildman–Crippen LogP) is 1.68. The summed E-state index contributed by atoms with van der Waals surface area (Å²) in [5.74, 6) is -0.694. The van der Waals surface area contributed by atoms with Gasteiger partial charge in [-0.15, -0.1) is 0 Å². The lowest BCUT2D eigenvalue weighted by Gasteiger charge is -2.35. The number of rotatable bonds is 3. The molecule has 2 aliphatic rings. The lowest BCUT2D eigenvalue weighted by atomic mass is 10.1. The van der Waals surface area contributed by atoms with Crippen molar-refractivity contribution >= 4 is 37.2 Å². The maximum absolute atomic E-state index is 13.3. The van der Waals surface area contributed by atoms with Gasteiger partial charge in [-0.2, -0.15) is 0 Å². The molecule has 1 amide bonds. The molecule has 0 bridgehead atoms. The van der Waals surface area contributed by atoms with Crippen molar-refractivity contribution in [2.24, 2.45) is 0 Å². The number of carbonyl (C=O) groups is 1. The van der Waals surface area contributed by atoms with Crippen molar-refractivity contribution in [1.82, 2.24) is 4.90 Å². The van der Waals surface area contributed by atoms with E-state index in [1.54, 1.807) is 0 Å². The van der Waals surface area contributed by atoms with Gasteiger partial charge in [0.15, 0.2) is 24.4 Å². The van der Waals surface area contributed by atoms with Crippen molar-refractivity contribution < 1.29 is 21.6 Å². The summed E-state index contributed by atoms with van der Waals surface area (Å²) in [5, 5.41) is 0.423. The smallest absolute Gasteiger partial charge is 0.244 e. The van der Waals surface area contributed by atoms with Gasteiger partial charge in [-0.1, -0.05) is 24.4 Å². The molecular weight excluding hydrogens is 386 g/mol. The van der Waals surface area contributed by atoms with Gasteiger partial charge in [-0.3, -0.25) is 4.79 Å². The number of halogens is 1. The Kier molecular flexibility index (Phi) is 4.89. The third-order valence-electron chi connectivity index (χ3n) is 5.07. The van der Waals surface area contributed by atoms with E-state index < -0.39 is 30.3 Å². The van der Waals surface area contributed by atoms with Gasteiger partial charge in [0.2, 0.25) is 5.91 Å². The van der Waals surface area contributed by atoms with Crippen LogP contribution in [0.15, 0.2) is 29.2 Å². The van der Waals surface area contributed by atoms with Gasteiger partial charge < -0.3 is 4.90 Å². The van der Waals surface area contributed by atoms with Crippen LogP contribution in [-0.2, 0) is 24.5 Å². The topological polar surface area (TPSA) is 88.6 Å². The van der Waals surface area contributed by atoms with Crippen LogP contribution >= 0.6 is 11.6 Å². The molecule has 1 aromatic rings. The second-order valence-corrected chi connectivity index (χ2v) is 11.6. The number of amides is 1. The first-order chi connectivity index (χ1) is 11.7. The van der Waals surface area contributed by atoms with Gasteiger partial charge in [0, 0.05) is 18.1 Å². The quantitative estimate of drug-likeness (QED) is 0.763. The van der Waals surface area contributed by atoms with Crippen LogP contribution in [0.2, 0.25) is 5.02 Å². The monoisotopic (exact) mass is 405 g/mol. The minimum atomic E-state index is -3.89. The lowest BCUT2D eigenvalue weighted by Crippen LogP contribution is -2.55. The molecule has 9 heteroatoms. The fourth-order valence-corrected chi connectivity index (χ4v) is 7.04. The van der Waals surface area contributed by atoms with Crippen molar-refractivity contribution in [1.29, 1.82) is 0 Å². The van der Waals surface area contributed by atoms with Crippen LogP contribution in [0.25, 0.3) is 0 Å². The molecule has 2 fully saturated rings. The molecule has 0 unspecified atom stereocenters. The zero-order valence-electron chi connectivity index (χ0n) is 13.6. The van der Waals surface area contributed by atoms with E-state index in [0.717, 1.165) is 0 Å². The Morgan fingerprint density at radius 2 is 1.56 bits per heavy atom. The van der Waals surface area contributed by atoms with E-state index in [2.05, 4.69) is 0 Å². The Morgan fingerprint density at radius 1 is 1.04 bits per heavy atom. The normalized spacial score (nSPS) is 22.7. The second kappa shape index (κ2) is 6.55. The van der Waals surface area contributed by atoms with Gasteiger partial charge in [-0.05, 0) is 37.1 Å². The van der Waals surface area contributed by atoms with Crippen LogP contribution in [0.1, 0.15) is 25.7 Å². The third kappa shape index (κ3) is 3.31. The molecule has 1 saturated heterocycles.